The van der Waals surface area contributed by atoms with Gasteiger partial charge in [-0.15, -0.1) is 11.3 Å². The van der Waals surface area contributed by atoms with Crippen molar-refractivity contribution in [3.8, 4) is 0 Å². The first-order valence-electron chi connectivity index (χ1n) is 3.51. The van der Waals surface area contributed by atoms with Gasteiger partial charge in [0.1, 0.15) is 0 Å². The standard InChI is InChI=1S/C8H11NOS/c1-9-6-7(10)5-8-3-2-4-11-8/h2-4,9H,5-6H2,1H3. The molecule has 0 saturated heterocycles. The fraction of sp³-hybridized carbons (Fsp3) is 0.375. The molecule has 0 saturated carbocycles. The Bertz CT molecular complexity index is 218. The highest BCUT2D eigenvalue weighted by Crippen LogP contribution is 2.08. The van der Waals surface area contributed by atoms with Gasteiger partial charge >= 0.3 is 0 Å². The van der Waals surface area contributed by atoms with E-state index in [4.69, 9.17) is 0 Å². The number of nitrogens with one attached hydrogen (secondary N) is 1. The Hall–Kier alpha value is -0.670. The molecular formula is C8H11NOS. The van der Waals surface area contributed by atoms with Gasteiger partial charge in [0.2, 0.25) is 0 Å². The lowest BCUT2D eigenvalue weighted by molar-refractivity contribution is -0.117. The van der Waals surface area contributed by atoms with Crippen LogP contribution >= 0.6 is 11.3 Å². The van der Waals surface area contributed by atoms with Crippen LogP contribution in [-0.4, -0.2) is 19.4 Å². The highest BCUT2D eigenvalue weighted by molar-refractivity contribution is 7.10. The van der Waals surface area contributed by atoms with Crippen LogP contribution in [0, 0.1) is 0 Å². The zero-order valence-corrected chi connectivity index (χ0v) is 7.28. The Balaban J connectivity index is 2.37. The van der Waals surface area contributed by atoms with Gasteiger partial charge < -0.3 is 5.32 Å². The number of hydrogen-bond donors (Lipinski definition) is 1. The molecule has 0 bridgehead atoms. The smallest absolute Gasteiger partial charge is 0.151 e. The van der Waals surface area contributed by atoms with Crippen LogP contribution < -0.4 is 5.32 Å². The highest BCUT2D eigenvalue weighted by Gasteiger charge is 2.01. The van der Waals surface area contributed by atoms with Crippen molar-refractivity contribution < 1.29 is 4.79 Å². The van der Waals surface area contributed by atoms with E-state index in [1.54, 1.807) is 18.4 Å². The van der Waals surface area contributed by atoms with Gasteiger partial charge in [-0.05, 0) is 18.5 Å². The quantitative estimate of drug-likeness (QED) is 0.730. The average molecular weight is 169 g/mol. The number of carbonyl (C=O) groups excluding carboxylic acids is 1. The molecular weight excluding hydrogens is 158 g/mol. The number of rotatable bonds is 4. The molecule has 1 aromatic heterocycles. The van der Waals surface area contributed by atoms with Gasteiger partial charge in [0.25, 0.3) is 0 Å². The van der Waals surface area contributed by atoms with Gasteiger partial charge in [-0.25, -0.2) is 0 Å². The van der Waals surface area contributed by atoms with E-state index >= 15 is 0 Å². The van der Waals surface area contributed by atoms with Gasteiger partial charge in [-0.1, -0.05) is 6.07 Å². The largest absolute Gasteiger partial charge is 0.313 e. The Morgan fingerprint density at radius 2 is 2.55 bits per heavy atom. The van der Waals surface area contributed by atoms with E-state index in [1.165, 1.54) is 0 Å². The van der Waals surface area contributed by atoms with Crippen molar-refractivity contribution in [2.24, 2.45) is 0 Å². The highest BCUT2D eigenvalue weighted by atomic mass is 32.1. The van der Waals surface area contributed by atoms with E-state index in [1.807, 2.05) is 17.5 Å². The number of hydrogen-bond acceptors (Lipinski definition) is 3. The minimum Gasteiger partial charge on any atom is -0.313 e. The molecule has 0 aromatic carbocycles. The summed E-state index contributed by atoms with van der Waals surface area (Å²) in [6.45, 7) is 0.470. The molecule has 0 radical (unpaired) electrons. The molecule has 1 heterocycles. The summed E-state index contributed by atoms with van der Waals surface area (Å²) in [5.41, 5.74) is 0. The first-order chi connectivity index (χ1) is 5.33. The van der Waals surface area contributed by atoms with Crippen molar-refractivity contribution in [1.82, 2.24) is 5.32 Å². The van der Waals surface area contributed by atoms with Crippen LogP contribution in [0.15, 0.2) is 17.5 Å². The zero-order chi connectivity index (χ0) is 8.10. The van der Waals surface area contributed by atoms with Crippen LogP contribution in [-0.2, 0) is 11.2 Å². The molecule has 0 spiro atoms. The molecule has 0 atom stereocenters. The maximum absolute atomic E-state index is 11.1. The van der Waals surface area contributed by atoms with Gasteiger partial charge in [0.15, 0.2) is 5.78 Å². The van der Waals surface area contributed by atoms with Crippen LogP contribution in [0.2, 0.25) is 0 Å². The molecule has 2 nitrogen and oxygen atoms in total. The SMILES string of the molecule is CNCC(=O)Cc1cccs1. The van der Waals surface area contributed by atoms with Crippen molar-refractivity contribution in [2.75, 3.05) is 13.6 Å². The summed E-state index contributed by atoms with van der Waals surface area (Å²) in [6.07, 6.45) is 0.568. The van der Waals surface area contributed by atoms with Gasteiger partial charge in [-0.2, -0.15) is 0 Å². The summed E-state index contributed by atoms with van der Waals surface area (Å²) in [6, 6.07) is 3.95. The van der Waals surface area contributed by atoms with E-state index in [0.717, 1.165) is 4.88 Å². The normalized spacial score (nSPS) is 9.91. The second-order valence-electron chi connectivity index (χ2n) is 2.33. The van der Waals surface area contributed by atoms with E-state index in [0.29, 0.717) is 13.0 Å². The molecule has 11 heavy (non-hydrogen) atoms. The minimum atomic E-state index is 0.245. The molecule has 60 valence electrons. The fourth-order valence-corrected chi connectivity index (χ4v) is 1.60. The van der Waals surface area contributed by atoms with Crippen LogP contribution in [0.3, 0.4) is 0 Å². The van der Waals surface area contributed by atoms with Crippen LogP contribution in [0.1, 0.15) is 4.88 Å². The van der Waals surface area contributed by atoms with E-state index in [9.17, 15) is 4.79 Å². The zero-order valence-electron chi connectivity index (χ0n) is 6.46. The second kappa shape index (κ2) is 4.26. The summed E-state index contributed by atoms with van der Waals surface area (Å²) in [5.74, 6) is 0.245. The monoisotopic (exact) mass is 169 g/mol. The first kappa shape index (κ1) is 8.43. The number of likely N-dealkylation sites (N-methyl/N-ethyl adjacent to an activating group) is 1. The van der Waals surface area contributed by atoms with Crippen molar-refractivity contribution in [2.45, 2.75) is 6.42 Å². The molecule has 1 rings (SSSR count). The molecule has 0 unspecified atom stereocenters. The molecule has 1 N–H and O–H groups in total. The predicted molar refractivity (Wildman–Crippen MR) is 47.0 cm³/mol. The average Bonchev–Trinajstić information content (AvgIpc) is 2.40. The lowest BCUT2D eigenvalue weighted by Crippen LogP contribution is -2.19. The topological polar surface area (TPSA) is 29.1 Å². The predicted octanol–water partition coefficient (Wildman–Crippen LogP) is 1.08. The van der Waals surface area contributed by atoms with Crippen molar-refractivity contribution in [1.29, 1.82) is 0 Å². The van der Waals surface area contributed by atoms with Crippen molar-refractivity contribution >= 4 is 17.1 Å². The maximum atomic E-state index is 11.1. The summed E-state index contributed by atoms with van der Waals surface area (Å²) >= 11 is 1.63. The molecule has 3 heteroatoms. The third-order valence-corrected chi connectivity index (χ3v) is 2.20. The van der Waals surface area contributed by atoms with E-state index < -0.39 is 0 Å². The summed E-state index contributed by atoms with van der Waals surface area (Å²) < 4.78 is 0. The van der Waals surface area contributed by atoms with Crippen LogP contribution in [0.25, 0.3) is 0 Å². The Morgan fingerprint density at radius 3 is 3.09 bits per heavy atom. The van der Waals surface area contributed by atoms with Crippen LogP contribution in [0.4, 0.5) is 0 Å². The lowest BCUT2D eigenvalue weighted by Gasteiger charge is -1.95. The second-order valence-corrected chi connectivity index (χ2v) is 3.36. The number of ketones is 1. The van der Waals surface area contributed by atoms with E-state index in [-0.39, 0.29) is 5.78 Å². The third kappa shape index (κ3) is 2.82. The Kier molecular flexibility index (Phi) is 3.26. The Labute approximate surface area is 70.2 Å². The van der Waals surface area contributed by atoms with Gasteiger partial charge in [-0.3, -0.25) is 4.79 Å². The maximum Gasteiger partial charge on any atom is 0.151 e. The third-order valence-electron chi connectivity index (χ3n) is 1.33. The molecule has 0 amide bonds. The van der Waals surface area contributed by atoms with Crippen molar-refractivity contribution in [3.63, 3.8) is 0 Å². The fourth-order valence-electron chi connectivity index (χ4n) is 0.867. The Morgan fingerprint density at radius 1 is 1.73 bits per heavy atom. The number of Topliss-reactive ketones (excluding diaryl/α,β-unsaturated/α-hetero) is 1. The molecule has 0 aliphatic heterocycles. The molecule has 1 aromatic rings. The summed E-state index contributed by atoms with van der Waals surface area (Å²) in [5, 5.41) is 4.82. The van der Waals surface area contributed by atoms with Gasteiger partial charge in [0.05, 0.1) is 6.54 Å². The number of carbonyl (C=O) groups is 1. The van der Waals surface area contributed by atoms with Gasteiger partial charge in [0, 0.05) is 11.3 Å². The molecule has 0 aliphatic carbocycles. The minimum absolute atomic E-state index is 0.245. The van der Waals surface area contributed by atoms with E-state index in [2.05, 4.69) is 5.32 Å². The molecule has 0 aliphatic rings. The lowest BCUT2D eigenvalue weighted by atomic mass is 10.2. The summed E-state index contributed by atoms with van der Waals surface area (Å²) in [7, 11) is 1.78. The number of thiophene rings is 1. The van der Waals surface area contributed by atoms with Crippen LogP contribution in [0.5, 0.6) is 0 Å². The van der Waals surface area contributed by atoms with Crippen molar-refractivity contribution in [3.05, 3.63) is 22.4 Å². The first-order valence-corrected chi connectivity index (χ1v) is 4.39. The summed E-state index contributed by atoms with van der Waals surface area (Å²) in [4.78, 5) is 12.2. The molecule has 0 fully saturated rings.